The predicted octanol–water partition coefficient (Wildman–Crippen LogP) is 3.05. The van der Waals surface area contributed by atoms with E-state index in [2.05, 4.69) is 10.6 Å². The van der Waals surface area contributed by atoms with Crippen molar-refractivity contribution in [1.82, 2.24) is 5.32 Å². The summed E-state index contributed by atoms with van der Waals surface area (Å²) in [5.74, 6) is -0.351. The zero-order valence-electron chi connectivity index (χ0n) is 10.8. The molecule has 2 N–H and O–H groups in total. The molecule has 0 saturated heterocycles. The van der Waals surface area contributed by atoms with E-state index in [4.69, 9.17) is 11.6 Å². The minimum Gasteiger partial charge on any atom is -0.374 e. The molecule has 1 aromatic carbocycles. The highest BCUT2D eigenvalue weighted by atomic mass is 35.5. The third-order valence-electron chi connectivity index (χ3n) is 2.78. The molecule has 3 nitrogen and oxygen atoms in total. The monoisotopic (exact) mass is 272 g/mol. The van der Waals surface area contributed by atoms with Crippen molar-refractivity contribution >= 4 is 23.2 Å². The van der Waals surface area contributed by atoms with Crippen LogP contribution in [0.2, 0.25) is 5.02 Å². The Kier molecular flexibility index (Phi) is 5.41. The third-order valence-corrected chi connectivity index (χ3v) is 3.07. The highest BCUT2D eigenvalue weighted by Crippen LogP contribution is 2.21. The molecule has 0 bridgehead atoms. The Balaban J connectivity index is 2.50. The quantitative estimate of drug-likeness (QED) is 0.865. The number of carbonyl (C=O) groups is 1. The number of amides is 1. The molecule has 0 spiro atoms. The van der Waals surface area contributed by atoms with Crippen LogP contribution in [0.4, 0.5) is 10.1 Å². The number of carbonyl (C=O) groups excluding carboxylic acids is 1. The van der Waals surface area contributed by atoms with E-state index in [0.717, 1.165) is 0 Å². The van der Waals surface area contributed by atoms with Gasteiger partial charge >= 0.3 is 0 Å². The van der Waals surface area contributed by atoms with E-state index < -0.39 is 5.82 Å². The third kappa shape index (κ3) is 4.18. The molecule has 0 aliphatic heterocycles. The molecule has 1 unspecified atom stereocenters. The fourth-order valence-corrected chi connectivity index (χ4v) is 1.46. The second kappa shape index (κ2) is 6.59. The number of halogens is 2. The Morgan fingerprint density at radius 3 is 2.67 bits per heavy atom. The lowest BCUT2D eigenvalue weighted by molar-refractivity contribution is -0.120. The molecule has 18 heavy (non-hydrogen) atoms. The van der Waals surface area contributed by atoms with Gasteiger partial charge in [0.25, 0.3) is 0 Å². The molecule has 0 saturated carbocycles. The molecule has 1 rings (SSSR count). The van der Waals surface area contributed by atoms with E-state index in [0.29, 0.717) is 5.92 Å². The number of hydrogen-bond acceptors (Lipinski definition) is 2. The zero-order chi connectivity index (χ0) is 13.7. The van der Waals surface area contributed by atoms with Gasteiger partial charge in [-0.1, -0.05) is 31.5 Å². The second-order valence-corrected chi connectivity index (χ2v) is 4.96. The predicted molar refractivity (Wildman–Crippen MR) is 72.3 cm³/mol. The highest BCUT2D eigenvalue weighted by Gasteiger charge is 2.11. The summed E-state index contributed by atoms with van der Waals surface area (Å²) in [6.07, 6.45) is 0. The smallest absolute Gasteiger partial charge is 0.239 e. The summed E-state index contributed by atoms with van der Waals surface area (Å²) in [5, 5.41) is 5.59. The van der Waals surface area contributed by atoms with Gasteiger partial charge < -0.3 is 10.6 Å². The summed E-state index contributed by atoms with van der Waals surface area (Å²) in [5.41, 5.74) is 0.231. The van der Waals surface area contributed by atoms with E-state index in [1.165, 1.54) is 6.07 Å². The van der Waals surface area contributed by atoms with E-state index >= 15 is 0 Å². The number of benzene rings is 1. The van der Waals surface area contributed by atoms with Gasteiger partial charge in [0.05, 0.1) is 17.3 Å². The van der Waals surface area contributed by atoms with Crippen molar-refractivity contribution < 1.29 is 9.18 Å². The molecular formula is C13H18ClFN2O. The van der Waals surface area contributed by atoms with Crippen molar-refractivity contribution in [3.63, 3.8) is 0 Å². The first-order valence-electron chi connectivity index (χ1n) is 5.89. The fraction of sp³-hybridized carbons (Fsp3) is 0.462. The van der Waals surface area contributed by atoms with E-state index in [9.17, 15) is 9.18 Å². The average molecular weight is 273 g/mol. The first-order chi connectivity index (χ1) is 8.41. The molecule has 1 aromatic rings. The van der Waals surface area contributed by atoms with Crippen LogP contribution in [0.3, 0.4) is 0 Å². The maximum absolute atomic E-state index is 13.5. The number of anilines is 1. The summed E-state index contributed by atoms with van der Waals surface area (Å²) >= 11 is 5.64. The van der Waals surface area contributed by atoms with Crippen LogP contribution in [0, 0.1) is 11.7 Å². The Morgan fingerprint density at radius 1 is 1.39 bits per heavy atom. The van der Waals surface area contributed by atoms with Gasteiger partial charge in [0, 0.05) is 6.04 Å². The van der Waals surface area contributed by atoms with Gasteiger partial charge in [-0.2, -0.15) is 0 Å². The largest absolute Gasteiger partial charge is 0.374 e. The number of nitrogens with one attached hydrogen (secondary N) is 2. The SMILES string of the molecule is CC(C)C(C)NC(=O)CNc1cccc(Cl)c1F. The van der Waals surface area contributed by atoms with Gasteiger partial charge in [-0.3, -0.25) is 4.79 Å². The molecule has 0 radical (unpaired) electrons. The van der Waals surface area contributed by atoms with Crippen molar-refractivity contribution in [2.24, 2.45) is 5.92 Å². The molecule has 0 fully saturated rings. The second-order valence-electron chi connectivity index (χ2n) is 4.56. The number of rotatable bonds is 5. The first-order valence-corrected chi connectivity index (χ1v) is 6.27. The molecule has 100 valence electrons. The Labute approximate surface area is 112 Å². The maximum atomic E-state index is 13.5. The van der Waals surface area contributed by atoms with Crippen molar-refractivity contribution in [2.45, 2.75) is 26.8 Å². The van der Waals surface area contributed by atoms with Gasteiger partial charge in [0.15, 0.2) is 5.82 Å². The maximum Gasteiger partial charge on any atom is 0.239 e. The van der Waals surface area contributed by atoms with Crippen LogP contribution in [0.15, 0.2) is 18.2 Å². The van der Waals surface area contributed by atoms with Crippen molar-refractivity contribution in [3.05, 3.63) is 29.0 Å². The molecule has 1 amide bonds. The summed E-state index contributed by atoms with van der Waals surface area (Å²) in [6, 6.07) is 4.72. The molecule has 0 aliphatic rings. The Morgan fingerprint density at radius 2 is 2.06 bits per heavy atom. The van der Waals surface area contributed by atoms with Crippen LogP contribution in [-0.4, -0.2) is 18.5 Å². The lowest BCUT2D eigenvalue weighted by Crippen LogP contribution is -2.39. The summed E-state index contributed by atoms with van der Waals surface area (Å²) in [4.78, 5) is 11.6. The molecule has 0 aliphatic carbocycles. The van der Waals surface area contributed by atoms with Crippen LogP contribution in [-0.2, 0) is 4.79 Å². The van der Waals surface area contributed by atoms with Crippen LogP contribution >= 0.6 is 11.6 Å². The minimum atomic E-state index is -0.538. The fourth-order valence-electron chi connectivity index (χ4n) is 1.29. The van der Waals surface area contributed by atoms with Gasteiger partial charge in [-0.15, -0.1) is 0 Å². The van der Waals surface area contributed by atoms with Crippen LogP contribution in [0.25, 0.3) is 0 Å². The highest BCUT2D eigenvalue weighted by molar-refractivity contribution is 6.31. The molecule has 0 heterocycles. The molecular weight excluding hydrogens is 255 g/mol. The van der Waals surface area contributed by atoms with Crippen LogP contribution in [0.5, 0.6) is 0 Å². The summed E-state index contributed by atoms with van der Waals surface area (Å²) < 4.78 is 13.5. The minimum absolute atomic E-state index is 0.0221. The molecule has 5 heteroatoms. The van der Waals surface area contributed by atoms with E-state index in [-0.39, 0.29) is 29.2 Å². The summed E-state index contributed by atoms with van der Waals surface area (Å²) in [7, 11) is 0. The Hall–Kier alpha value is -1.29. The normalized spacial score (nSPS) is 12.3. The standard InChI is InChI=1S/C13H18ClFN2O/c1-8(2)9(3)17-12(18)7-16-11-6-4-5-10(14)13(11)15/h4-6,8-9,16H,7H2,1-3H3,(H,17,18). The average Bonchev–Trinajstić information content (AvgIpc) is 2.31. The molecule has 1 atom stereocenters. The van der Waals surface area contributed by atoms with Gasteiger partial charge in [0.1, 0.15) is 0 Å². The lowest BCUT2D eigenvalue weighted by Gasteiger charge is -2.17. The van der Waals surface area contributed by atoms with Gasteiger partial charge in [-0.25, -0.2) is 4.39 Å². The number of hydrogen-bond donors (Lipinski definition) is 2. The lowest BCUT2D eigenvalue weighted by atomic mass is 10.1. The van der Waals surface area contributed by atoms with Crippen LogP contribution < -0.4 is 10.6 Å². The zero-order valence-corrected chi connectivity index (χ0v) is 11.5. The van der Waals surface area contributed by atoms with Crippen molar-refractivity contribution in [3.8, 4) is 0 Å². The van der Waals surface area contributed by atoms with Crippen molar-refractivity contribution in [2.75, 3.05) is 11.9 Å². The first kappa shape index (κ1) is 14.8. The van der Waals surface area contributed by atoms with Gasteiger partial charge in [-0.05, 0) is 25.0 Å². The molecule has 0 aromatic heterocycles. The van der Waals surface area contributed by atoms with Gasteiger partial charge in [0.2, 0.25) is 5.91 Å². The Bertz CT molecular complexity index is 423. The van der Waals surface area contributed by atoms with Crippen LogP contribution in [0.1, 0.15) is 20.8 Å². The topological polar surface area (TPSA) is 41.1 Å². The van der Waals surface area contributed by atoms with E-state index in [1.807, 2.05) is 20.8 Å². The van der Waals surface area contributed by atoms with E-state index in [1.54, 1.807) is 12.1 Å². The van der Waals surface area contributed by atoms with Crippen molar-refractivity contribution in [1.29, 1.82) is 0 Å². The summed E-state index contributed by atoms with van der Waals surface area (Å²) in [6.45, 7) is 6.00.